The molecule has 0 amide bonds. The smallest absolute Gasteiger partial charge is 0.306 e. The average molecular weight is 454 g/mol. The van der Waals surface area contributed by atoms with Gasteiger partial charge in [-0.2, -0.15) is 0 Å². The highest BCUT2D eigenvalue weighted by molar-refractivity contribution is 9.10. The highest BCUT2D eigenvalue weighted by Gasteiger charge is 2.34. The molecule has 4 atom stereocenters. The van der Waals surface area contributed by atoms with Crippen LogP contribution in [0.5, 0.6) is 0 Å². The lowest BCUT2D eigenvalue weighted by Crippen LogP contribution is -2.36. The van der Waals surface area contributed by atoms with E-state index in [-0.39, 0.29) is 35.5 Å². The van der Waals surface area contributed by atoms with Crippen molar-refractivity contribution in [2.45, 2.75) is 59.5 Å². The van der Waals surface area contributed by atoms with Gasteiger partial charge in [0.1, 0.15) is 6.10 Å². The third kappa shape index (κ3) is 5.63. The molecule has 0 radical (unpaired) electrons. The van der Waals surface area contributed by atoms with Crippen LogP contribution < -0.4 is 0 Å². The first kappa shape index (κ1) is 22.5. The Morgan fingerprint density at radius 3 is 2.57 bits per heavy atom. The Bertz CT molecular complexity index is 748. The van der Waals surface area contributed by atoms with Gasteiger partial charge in [0.15, 0.2) is 5.78 Å². The van der Waals surface area contributed by atoms with Gasteiger partial charge in [-0.05, 0) is 58.7 Å². The quantitative estimate of drug-likeness (QED) is 0.233. The fourth-order valence-corrected chi connectivity index (χ4v) is 4.29. The highest BCUT2D eigenvalue weighted by atomic mass is 79.9. The normalized spacial score (nSPS) is 23.3. The number of carbonyl (C=O) groups excluding carboxylic acids is 2. The van der Waals surface area contributed by atoms with E-state index < -0.39 is 10.8 Å². The predicted molar refractivity (Wildman–Crippen MR) is 110 cm³/mol. The van der Waals surface area contributed by atoms with E-state index in [4.69, 9.17) is 4.74 Å². The minimum atomic E-state index is -0.605. The van der Waals surface area contributed by atoms with E-state index in [9.17, 15) is 19.7 Å². The largest absolute Gasteiger partial charge is 0.462 e. The number of esters is 1. The number of hydrogen-bond donors (Lipinski definition) is 0. The average Bonchev–Trinajstić information content (AvgIpc) is 2.60. The summed E-state index contributed by atoms with van der Waals surface area (Å²) >= 11 is 3.11. The van der Waals surface area contributed by atoms with Crippen LogP contribution in [0.25, 0.3) is 0 Å². The van der Waals surface area contributed by atoms with Crippen molar-refractivity contribution in [3.05, 3.63) is 38.3 Å². The third-order valence-electron chi connectivity index (χ3n) is 5.59. The van der Waals surface area contributed by atoms with Crippen LogP contribution in [0.3, 0.4) is 0 Å². The molecule has 0 saturated heterocycles. The first-order chi connectivity index (χ1) is 13.1. The summed E-state index contributed by atoms with van der Waals surface area (Å²) in [6, 6.07) is 4.25. The molecular weight excluding hydrogens is 426 g/mol. The first-order valence-corrected chi connectivity index (χ1v) is 10.6. The number of rotatable bonds is 7. The van der Waals surface area contributed by atoms with Crippen LogP contribution >= 0.6 is 15.9 Å². The number of nitrogens with zero attached hydrogens (tertiary/aromatic N) is 1. The molecule has 1 aromatic carbocycles. The highest BCUT2D eigenvalue weighted by Crippen LogP contribution is 2.35. The maximum absolute atomic E-state index is 12.6. The van der Waals surface area contributed by atoms with Gasteiger partial charge < -0.3 is 4.74 Å². The number of Topliss-reactive ketones (excluding diaryl/α,β-unsaturated/α-hetero) is 1. The zero-order chi connectivity index (χ0) is 21.0. The van der Waals surface area contributed by atoms with Crippen molar-refractivity contribution in [3.8, 4) is 0 Å². The van der Waals surface area contributed by atoms with Crippen LogP contribution in [0, 0.1) is 33.8 Å². The molecule has 0 N–H and O–H groups in total. The molecule has 154 valence electrons. The molecule has 1 aromatic rings. The molecule has 1 saturated carbocycles. The van der Waals surface area contributed by atoms with Gasteiger partial charge in [-0.25, -0.2) is 0 Å². The number of ketones is 1. The van der Waals surface area contributed by atoms with Gasteiger partial charge in [-0.1, -0.05) is 34.1 Å². The zero-order valence-electron chi connectivity index (χ0n) is 16.8. The summed E-state index contributed by atoms with van der Waals surface area (Å²) in [7, 11) is 0. The van der Waals surface area contributed by atoms with E-state index >= 15 is 0 Å². The number of nitro benzene ring substituents is 1. The zero-order valence-corrected chi connectivity index (χ0v) is 18.4. The molecule has 0 heterocycles. The summed E-state index contributed by atoms with van der Waals surface area (Å²) < 4.78 is 6.08. The van der Waals surface area contributed by atoms with Gasteiger partial charge >= 0.3 is 5.97 Å². The van der Waals surface area contributed by atoms with Gasteiger partial charge in [0, 0.05) is 17.5 Å². The standard InChI is InChI=1S/C21H28BrNO5/c1-12(2)16-7-5-13(3)9-19(16)28-20(24)10-14(4)21(25)15-6-8-17(22)18(11-15)23(26)27/h6,8,11-14,16,19H,5,7,9-10H2,1-4H3/t13-,14-,16+,19-/m1/s1. The van der Waals surface area contributed by atoms with E-state index in [0.717, 1.165) is 19.3 Å². The molecule has 0 aliphatic heterocycles. The molecule has 0 bridgehead atoms. The van der Waals surface area contributed by atoms with Crippen molar-refractivity contribution in [2.75, 3.05) is 0 Å². The molecule has 6 nitrogen and oxygen atoms in total. The summed E-state index contributed by atoms with van der Waals surface area (Å²) in [5.74, 6) is 0.0251. The van der Waals surface area contributed by atoms with E-state index in [1.165, 1.54) is 18.2 Å². The van der Waals surface area contributed by atoms with E-state index in [0.29, 0.717) is 22.2 Å². The molecule has 28 heavy (non-hydrogen) atoms. The fourth-order valence-electron chi connectivity index (χ4n) is 3.90. The monoisotopic (exact) mass is 453 g/mol. The van der Waals surface area contributed by atoms with Crippen molar-refractivity contribution in [1.82, 2.24) is 0 Å². The van der Waals surface area contributed by atoms with Crippen molar-refractivity contribution < 1.29 is 19.2 Å². The van der Waals surface area contributed by atoms with Crippen molar-refractivity contribution in [1.29, 1.82) is 0 Å². The van der Waals surface area contributed by atoms with Crippen LogP contribution in [0.2, 0.25) is 0 Å². The van der Waals surface area contributed by atoms with Crippen LogP contribution in [0.1, 0.15) is 63.7 Å². The molecule has 0 spiro atoms. The number of benzene rings is 1. The minimum absolute atomic E-state index is 0.0294. The maximum Gasteiger partial charge on any atom is 0.306 e. The van der Waals surface area contributed by atoms with E-state index in [2.05, 4.69) is 36.7 Å². The predicted octanol–water partition coefficient (Wildman–Crippen LogP) is 5.57. The van der Waals surface area contributed by atoms with Gasteiger partial charge in [-0.3, -0.25) is 19.7 Å². The number of hydrogen-bond acceptors (Lipinski definition) is 5. The van der Waals surface area contributed by atoms with Gasteiger partial charge in [-0.15, -0.1) is 0 Å². The summed E-state index contributed by atoms with van der Waals surface area (Å²) in [5, 5.41) is 11.1. The van der Waals surface area contributed by atoms with E-state index in [1.807, 2.05) is 0 Å². The van der Waals surface area contributed by atoms with Crippen molar-refractivity contribution in [3.63, 3.8) is 0 Å². The summed E-state index contributed by atoms with van der Waals surface area (Å²) in [6.45, 7) is 8.12. The Hall–Kier alpha value is -1.76. The van der Waals surface area contributed by atoms with Crippen LogP contribution in [-0.2, 0) is 9.53 Å². The molecule has 1 aliphatic rings. The Morgan fingerprint density at radius 1 is 1.29 bits per heavy atom. The van der Waals surface area contributed by atoms with Gasteiger partial charge in [0.25, 0.3) is 5.69 Å². The lowest BCUT2D eigenvalue weighted by atomic mass is 9.75. The second-order valence-corrected chi connectivity index (χ2v) is 9.10. The van der Waals surface area contributed by atoms with Crippen molar-refractivity contribution >= 4 is 33.4 Å². The van der Waals surface area contributed by atoms with Crippen LogP contribution in [0.15, 0.2) is 22.7 Å². The lowest BCUT2D eigenvalue weighted by Gasteiger charge is -2.36. The second kappa shape index (κ2) is 9.63. The van der Waals surface area contributed by atoms with Crippen LogP contribution in [0.4, 0.5) is 5.69 Å². The number of ether oxygens (including phenoxy) is 1. The van der Waals surface area contributed by atoms with Gasteiger partial charge in [0.2, 0.25) is 0 Å². The topological polar surface area (TPSA) is 86.5 Å². The minimum Gasteiger partial charge on any atom is -0.462 e. The number of halogens is 1. The van der Waals surface area contributed by atoms with Gasteiger partial charge in [0.05, 0.1) is 15.8 Å². The fraction of sp³-hybridized carbons (Fsp3) is 0.619. The summed E-state index contributed by atoms with van der Waals surface area (Å²) in [5.41, 5.74) is 0.0538. The third-order valence-corrected chi connectivity index (χ3v) is 6.26. The molecule has 0 unspecified atom stereocenters. The summed E-state index contributed by atoms with van der Waals surface area (Å²) in [4.78, 5) is 35.6. The van der Waals surface area contributed by atoms with Crippen molar-refractivity contribution in [2.24, 2.45) is 23.7 Å². The maximum atomic E-state index is 12.6. The summed E-state index contributed by atoms with van der Waals surface area (Å²) in [6.07, 6.45) is 2.92. The SMILES string of the molecule is CC(C)[C@@H]1CC[C@@H](C)C[C@H]1OC(=O)C[C@@H](C)C(=O)c1ccc(Br)c([N+](=O)[O-])c1. The Morgan fingerprint density at radius 2 is 1.96 bits per heavy atom. The Labute approximate surface area is 174 Å². The molecular formula is C21H28BrNO5. The van der Waals surface area contributed by atoms with E-state index in [1.54, 1.807) is 6.92 Å². The number of carbonyl (C=O) groups is 2. The number of nitro groups is 1. The Kier molecular flexibility index (Phi) is 7.75. The molecule has 2 rings (SSSR count). The second-order valence-electron chi connectivity index (χ2n) is 8.25. The first-order valence-electron chi connectivity index (χ1n) is 9.77. The molecule has 7 heteroatoms. The molecule has 1 fully saturated rings. The lowest BCUT2D eigenvalue weighted by molar-refractivity contribution is -0.385. The molecule has 1 aliphatic carbocycles. The van der Waals surface area contributed by atoms with Crippen LogP contribution in [-0.4, -0.2) is 22.8 Å². The Balaban J connectivity index is 2.02. The molecule has 0 aromatic heterocycles.